The van der Waals surface area contributed by atoms with E-state index in [0.29, 0.717) is 32.9 Å². The summed E-state index contributed by atoms with van der Waals surface area (Å²) in [4.78, 5) is 20.8. The number of rotatable bonds is 5. The van der Waals surface area contributed by atoms with Gasteiger partial charge in [0.2, 0.25) is 0 Å². The molecular weight excluding hydrogens is 411 g/mol. The molecule has 7 nitrogen and oxygen atoms in total. The summed E-state index contributed by atoms with van der Waals surface area (Å²) in [6.07, 6.45) is 4.94. The lowest BCUT2D eigenvalue weighted by Crippen LogP contribution is -2.12. The van der Waals surface area contributed by atoms with Crippen LogP contribution < -0.4 is 10.6 Å². The molecule has 2 N–H and O–H groups in total. The van der Waals surface area contributed by atoms with Crippen LogP contribution in [0.5, 0.6) is 0 Å². The molecule has 0 atom stereocenters. The molecule has 0 unspecified atom stereocenters. The Hall–Kier alpha value is -3.42. The third-order valence-electron chi connectivity index (χ3n) is 3.98. The Labute approximate surface area is 176 Å². The van der Waals surface area contributed by atoms with Crippen LogP contribution in [0.25, 0.3) is 5.82 Å². The maximum Gasteiger partial charge on any atom is 0.257 e. The van der Waals surface area contributed by atoms with Gasteiger partial charge in [-0.1, -0.05) is 23.2 Å². The molecule has 0 saturated heterocycles. The average Bonchev–Trinajstić information content (AvgIpc) is 3.24. The van der Waals surface area contributed by atoms with Crippen LogP contribution in [0.1, 0.15) is 10.4 Å². The van der Waals surface area contributed by atoms with E-state index in [9.17, 15) is 4.79 Å². The zero-order valence-electron chi connectivity index (χ0n) is 14.9. The summed E-state index contributed by atoms with van der Waals surface area (Å²) in [5.74, 6) is 0.957. The molecule has 144 valence electrons. The minimum Gasteiger partial charge on any atom is -0.340 e. The summed E-state index contributed by atoms with van der Waals surface area (Å²) in [7, 11) is 0. The van der Waals surface area contributed by atoms with E-state index in [-0.39, 0.29) is 5.91 Å². The molecule has 9 heteroatoms. The standard InChI is InChI=1S/C20H14Cl2N6O/c21-13-2-7-16(17(22)10-13)20(29)27-15-5-3-14(4-6-15)26-18-11-19(24-12-23-18)28-9-1-8-25-28/h1-12H,(H,27,29)(H,23,24,26). The minimum absolute atomic E-state index is 0.296. The second-order valence-corrected chi connectivity index (χ2v) is 6.84. The Morgan fingerprint density at radius 3 is 2.48 bits per heavy atom. The van der Waals surface area contributed by atoms with Crippen molar-refractivity contribution in [3.63, 3.8) is 0 Å². The normalized spacial score (nSPS) is 10.6. The molecule has 0 saturated carbocycles. The predicted octanol–water partition coefficient (Wildman–Crippen LogP) is 4.97. The first-order valence-corrected chi connectivity index (χ1v) is 9.30. The molecule has 4 aromatic rings. The molecule has 2 heterocycles. The van der Waals surface area contributed by atoms with E-state index < -0.39 is 0 Å². The molecule has 0 aliphatic carbocycles. The van der Waals surface area contributed by atoms with Crippen molar-refractivity contribution in [2.24, 2.45) is 0 Å². The maximum atomic E-state index is 12.4. The van der Waals surface area contributed by atoms with E-state index in [0.717, 1.165) is 5.69 Å². The van der Waals surface area contributed by atoms with E-state index in [1.165, 1.54) is 12.4 Å². The first kappa shape index (κ1) is 18.9. The molecule has 2 aromatic heterocycles. The van der Waals surface area contributed by atoms with Crippen molar-refractivity contribution >= 4 is 46.3 Å². The van der Waals surface area contributed by atoms with Gasteiger partial charge in [-0.25, -0.2) is 14.6 Å². The van der Waals surface area contributed by atoms with Crippen LogP contribution in [0.3, 0.4) is 0 Å². The summed E-state index contributed by atoms with van der Waals surface area (Å²) in [5.41, 5.74) is 1.79. The van der Waals surface area contributed by atoms with Crippen LogP contribution in [-0.2, 0) is 0 Å². The molecule has 0 bridgehead atoms. The van der Waals surface area contributed by atoms with Crippen LogP contribution in [0.4, 0.5) is 17.2 Å². The van der Waals surface area contributed by atoms with Crippen molar-refractivity contribution in [1.82, 2.24) is 19.7 Å². The molecule has 0 spiro atoms. The Morgan fingerprint density at radius 2 is 1.76 bits per heavy atom. The van der Waals surface area contributed by atoms with E-state index in [1.54, 1.807) is 47.4 Å². The van der Waals surface area contributed by atoms with E-state index in [4.69, 9.17) is 23.2 Å². The largest absolute Gasteiger partial charge is 0.340 e. The van der Waals surface area contributed by atoms with Gasteiger partial charge in [-0.15, -0.1) is 0 Å². The van der Waals surface area contributed by atoms with Crippen LogP contribution in [0, 0.1) is 0 Å². The highest BCUT2D eigenvalue weighted by molar-refractivity contribution is 6.37. The van der Waals surface area contributed by atoms with Gasteiger partial charge in [-0.05, 0) is 48.5 Å². The quantitative estimate of drug-likeness (QED) is 0.472. The molecular formula is C20H14Cl2N6O. The minimum atomic E-state index is -0.313. The number of nitrogens with zero attached hydrogens (tertiary/aromatic N) is 4. The van der Waals surface area contributed by atoms with Crippen LogP contribution in [0.15, 0.2) is 73.3 Å². The number of amides is 1. The number of halogens is 2. The number of benzene rings is 2. The van der Waals surface area contributed by atoms with E-state index >= 15 is 0 Å². The predicted molar refractivity (Wildman–Crippen MR) is 113 cm³/mol. The van der Waals surface area contributed by atoms with E-state index in [1.807, 2.05) is 18.2 Å². The number of aromatic nitrogens is 4. The smallest absolute Gasteiger partial charge is 0.257 e. The molecule has 0 aliphatic heterocycles. The van der Waals surface area contributed by atoms with Gasteiger partial charge in [0.25, 0.3) is 5.91 Å². The molecule has 2 aromatic carbocycles. The summed E-state index contributed by atoms with van der Waals surface area (Å²) < 4.78 is 1.65. The Morgan fingerprint density at radius 1 is 0.966 bits per heavy atom. The second kappa shape index (κ2) is 8.30. The van der Waals surface area contributed by atoms with Gasteiger partial charge in [-0.2, -0.15) is 5.10 Å². The fourth-order valence-electron chi connectivity index (χ4n) is 2.60. The second-order valence-electron chi connectivity index (χ2n) is 5.99. The maximum absolute atomic E-state index is 12.4. The Balaban J connectivity index is 1.44. The highest BCUT2D eigenvalue weighted by Gasteiger charge is 2.11. The third kappa shape index (κ3) is 4.53. The lowest BCUT2D eigenvalue weighted by atomic mass is 10.2. The van der Waals surface area contributed by atoms with Gasteiger partial charge < -0.3 is 10.6 Å². The molecule has 0 aliphatic rings. The SMILES string of the molecule is O=C(Nc1ccc(Nc2cc(-n3cccn3)ncn2)cc1)c1ccc(Cl)cc1Cl. The van der Waals surface area contributed by atoms with Gasteiger partial charge in [-0.3, -0.25) is 4.79 Å². The number of carbonyl (C=O) groups is 1. The number of hydrogen-bond donors (Lipinski definition) is 2. The highest BCUT2D eigenvalue weighted by atomic mass is 35.5. The number of nitrogens with one attached hydrogen (secondary N) is 2. The van der Waals surface area contributed by atoms with Crippen molar-refractivity contribution in [3.8, 4) is 5.82 Å². The summed E-state index contributed by atoms with van der Waals surface area (Å²) in [5, 5.41) is 10.9. The zero-order valence-corrected chi connectivity index (χ0v) is 16.4. The monoisotopic (exact) mass is 424 g/mol. The highest BCUT2D eigenvalue weighted by Crippen LogP contribution is 2.23. The topological polar surface area (TPSA) is 84.7 Å². The Kier molecular flexibility index (Phi) is 5.41. The zero-order chi connectivity index (χ0) is 20.2. The average molecular weight is 425 g/mol. The third-order valence-corrected chi connectivity index (χ3v) is 4.53. The number of carbonyl (C=O) groups excluding carboxylic acids is 1. The number of anilines is 3. The fourth-order valence-corrected chi connectivity index (χ4v) is 3.10. The van der Waals surface area contributed by atoms with Gasteiger partial charge >= 0.3 is 0 Å². The summed E-state index contributed by atoms with van der Waals surface area (Å²) in [6, 6.07) is 15.6. The first-order valence-electron chi connectivity index (χ1n) is 8.54. The van der Waals surface area contributed by atoms with Gasteiger partial charge in [0.1, 0.15) is 12.1 Å². The lowest BCUT2D eigenvalue weighted by Gasteiger charge is -2.10. The van der Waals surface area contributed by atoms with Crippen LogP contribution >= 0.6 is 23.2 Å². The van der Waals surface area contributed by atoms with Crippen molar-refractivity contribution in [3.05, 3.63) is 88.9 Å². The van der Waals surface area contributed by atoms with Crippen molar-refractivity contribution in [2.75, 3.05) is 10.6 Å². The number of hydrogen-bond acceptors (Lipinski definition) is 5. The summed E-state index contributed by atoms with van der Waals surface area (Å²) >= 11 is 11.9. The van der Waals surface area contributed by atoms with Crippen LogP contribution in [0.2, 0.25) is 10.0 Å². The van der Waals surface area contributed by atoms with Gasteiger partial charge in [0, 0.05) is 34.9 Å². The van der Waals surface area contributed by atoms with Gasteiger partial charge in [0.15, 0.2) is 5.82 Å². The fraction of sp³-hybridized carbons (Fsp3) is 0. The molecule has 4 rings (SSSR count). The van der Waals surface area contributed by atoms with Crippen molar-refractivity contribution in [2.45, 2.75) is 0 Å². The van der Waals surface area contributed by atoms with Gasteiger partial charge in [0.05, 0.1) is 10.6 Å². The Bertz CT molecular complexity index is 1150. The van der Waals surface area contributed by atoms with Crippen molar-refractivity contribution in [1.29, 1.82) is 0 Å². The lowest BCUT2D eigenvalue weighted by molar-refractivity contribution is 0.102. The molecule has 0 radical (unpaired) electrons. The molecule has 29 heavy (non-hydrogen) atoms. The van der Waals surface area contributed by atoms with Crippen molar-refractivity contribution < 1.29 is 4.79 Å². The van der Waals surface area contributed by atoms with E-state index in [2.05, 4.69) is 25.7 Å². The summed E-state index contributed by atoms with van der Waals surface area (Å²) in [6.45, 7) is 0. The molecule has 1 amide bonds. The van der Waals surface area contributed by atoms with Crippen LogP contribution in [-0.4, -0.2) is 25.7 Å². The molecule has 0 fully saturated rings. The first-order chi connectivity index (χ1) is 14.1.